The van der Waals surface area contributed by atoms with Gasteiger partial charge in [-0.2, -0.15) is 0 Å². The summed E-state index contributed by atoms with van der Waals surface area (Å²) in [5.41, 5.74) is 1.38. The highest BCUT2D eigenvalue weighted by molar-refractivity contribution is 7.11. The van der Waals surface area contributed by atoms with Crippen LogP contribution in [0.25, 0.3) is 0 Å². The largest absolute Gasteiger partial charge is 0.346 e. The molecule has 0 spiro atoms. The number of piperidine rings is 1. The fraction of sp³-hybridized carbons (Fsp3) is 0.514. The number of rotatable bonds is 4. The molecule has 4 nitrogen and oxygen atoms in total. The Bertz CT molecular complexity index is 835. The summed E-state index contributed by atoms with van der Waals surface area (Å²) in [6.07, 6.45) is 49.3. The highest BCUT2D eigenvalue weighted by Crippen LogP contribution is 2.30. The van der Waals surface area contributed by atoms with Crippen LogP contribution in [-0.4, -0.2) is 42.5 Å². The van der Waals surface area contributed by atoms with Gasteiger partial charge in [-0.1, -0.05) is 88.3 Å². The van der Waals surface area contributed by atoms with Crippen LogP contribution in [0.5, 0.6) is 0 Å². The minimum atomic E-state index is 0.794. The summed E-state index contributed by atoms with van der Waals surface area (Å²) in [5, 5.41) is 3.67. The standard InChI is InChI=1S/C11H18N2S.C6H11NO.C6H12.C6H6.4C2H2/c1-3-4-10-11(14-8(2)13-10)9-5-6-12-7-9;8-6-7-4-2-1-3-5-7;2*1-2-4-6-5-3-1;4*1-2/h9,12H,3-7H2,1-2H3;6H,1-5H2;1-6H2;1-6H;4*1-2H/p+1/t9-;;;;;;;/m0......./s1. The third-order valence-electron chi connectivity index (χ3n) is 6.57. The van der Waals surface area contributed by atoms with Crippen LogP contribution in [0.1, 0.15) is 99.0 Å². The molecule has 5 rings (SSSR count). The number of terminal acetylenes is 4. The van der Waals surface area contributed by atoms with Gasteiger partial charge in [0.15, 0.2) is 0 Å². The quantitative estimate of drug-likeness (QED) is 0.305. The number of benzene rings is 1. The van der Waals surface area contributed by atoms with Crippen molar-refractivity contribution >= 4 is 17.7 Å². The predicted molar refractivity (Wildman–Crippen MR) is 185 cm³/mol. The van der Waals surface area contributed by atoms with Crippen molar-refractivity contribution in [1.29, 1.82) is 0 Å². The van der Waals surface area contributed by atoms with E-state index < -0.39 is 0 Å². The molecule has 42 heavy (non-hydrogen) atoms. The number of hydrogen-bond acceptors (Lipinski definition) is 3. The van der Waals surface area contributed by atoms with E-state index in [4.69, 9.17) is 0 Å². The number of quaternary nitrogens is 1. The molecule has 2 N–H and O–H groups in total. The minimum absolute atomic E-state index is 0.794. The summed E-state index contributed by atoms with van der Waals surface area (Å²) < 4.78 is 0. The summed E-state index contributed by atoms with van der Waals surface area (Å²) >= 11 is 1.92. The zero-order valence-corrected chi connectivity index (χ0v) is 27.2. The van der Waals surface area contributed by atoms with Crippen LogP contribution in [0, 0.1) is 58.3 Å². The lowest BCUT2D eigenvalue weighted by atomic mass is 10.0. The number of amides is 1. The van der Waals surface area contributed by atoms with Crippen molar-refractivity contribution in [2.24, 2.45) is 0 Å². The molecule has 5 heteroatoms. The molecule has 1 saturated carbocycles. The van der Waals surface area contributed by atoms with Gasteiger partial charge in [0.1, 0.15) is 0 Å². The number of aryl methyl sites for hydroxylation is 2. The fourth-order valence-corrected chi connectivity index (χ4v) is 5.80. The molecule has 2 aliphatic heterocycles. The second-order valence-electron chi connectivity index (χ2n) is 9.57. The van der Waals surface area contributed by atoms with E-state index in [2.05, 4.69) is 75.5 Å². The number of aromatic nitrogens is 1. The second kappa shape index (κ2) is 35.5. The van der Waals surface area contributed by atoms with Gasteiger partial charge in [-0.15, -0.1) is 62.7 Å². The van der Waals surface area contributed by atoms with Gasteiger partial charge >= 0.3 is 0 Å². The van der Waals surface area contributed by atoms with Gasteiger partial charge in [-0.25, -0.2) is 4.98 Å². The third-order valence-corrected chi connectivity index (χ3v) is 7.74. The fourth-order valence-electron chi connectivity index (χ4n) is 4.68. The van der Waals surface area contributed by atoms with Crippen LogP contribution in [0.2, 0.25) is 0 Å². The lowest BCUT2D eigenvalue weighted by Gasteiger charge is -2.21. The topological polar surface area (TPSA) is 49.8 Å². The van der Waals surface area contributed by atoms with E-state index in [0.717, 1.165) is 31.8 Å². The predicted octanol–water partition coefficient (Wildman–Crippen LogP) is 7.11. The molecule has 1 aromatic heterocycles. The van der Waals surface area contributed by atoms with E-state index in [1.54, 1.807) is 4.88 Å². The molecule has 0 radical (unpaired) electrons. The Balaban J connectivity index is -0.000000470. The SMILES string of the molecule is C#C.C#C.C#C.C#C.C1CCCCC1.CCCc1nc(C)sc1[C@H]1CC[NH2+]C1.O=CN1CCCCC1.c1ccccc1. The van der Waals surface area contributed by atoms with Crippen LogP contribution >= 0.6 is 11.3 Å². The molecule has 3 aliphatic rings. The number of nitrogens with zero attached hydrogens (tertiary/aromatic N) is 2. The lowest BCUT2D eigenvalue weighted by molar-refractivity contribution is -0.636. The summed E-state index contributed by atoms with van der Waals surface area (Å²) in [5.74, 6) is 0.794. The number of thiazole rings is 1. The molecule has 1 aromatic carbocycles. The van der Waals surface area contributed by atoms with Gasteiger partial charge < -0.3 is 10.2 Å². The highest BCUT2D eigenvalue weighted by atomic mass is 32.1. The third kappa shape index (κ3) is 23.2. The smallest absolute Gasteiger partial charge is 0.209 e. The summed E-state index contributed by atoms with van der Waals surface area (Å²) in [4.78, 5) is 18.2. The molecule has 2 aromatic rings. The van der Waals surface area contributed by atoms with Crippen LogP contribution < -0.4 is 5.32 Å². The Morgan fingerprint density at radius 1 is 0.810 bits per heavy atom. The zero-order valence-electron chi connectivity index (χ0n) is 26.3. The molecule has 3 heterocycles. The maximum Gasteiger partial charge on any atom is 0.209 e. The molecule has 0 bridgehead atoms. The van der Waals surface area contributed by atoms with Gasteiger partial charge in [0.05, 0.1) is 23.8 Å². The number of likely N-dealkylation sites (tertiary alicyclic amines) is 1. The Morgan fingerprint density at radius 2 is 1.24 bits per heavy atom. The van der Waals surface area contributed by atoms with Crippen molar-refractivity contribution < 1.29 is 10.1 Å². The molecule has 3 fully saturated rings. The first-order valence-corrected chi connectivity index (χ1v) is 15.9. The molecule has 1 aliphatic carbocycles. The average Bonchev–Trinajstić information content (AvgIpc) is 3.78. The maximum absolute atomic E-state index is 10.1. The van der Waals surface area contributed by atoms with Crippen molar-refractivity contribution in [3.63, 3.8) is 0 Å². The van der Waals surface area contributed by atoms with Gasteiger partial charge in [0, 0.05) is 30.3 Å². The first-order valence-electron chi connectivity index (χ1n) is 15.0. The Labute approximate surface area is 263 Å². The van der Waals surface area contributed by atoms with Gasteiger partial charge in [0.25, 0.3) is 0 Å². The summed E-state index contributed by atoms with van der Waals surface area (Å²) in [7, 11) is 0. The van der Waals surface area contributed by atoms with Gasteiger partial charge in [0.2, 0.25) is 6.41 Å². The van der Waals surface area contributed by atoms with Crippen molar-refractivity contribution in [3.8, 4) is 51.4 Å². The van der Waals surface area contributed by atoms with Crippen LogP contribution in [0.15, 0.2) is 36.4 Å². The number of carbonyl (C=O) groups excluding carboxylic acids is 1. The summed E-state index contributed by atoms with van der Waals surface area (Å²) in [6, 6.07) is 12.0. The van der Waals surface area contributed by atoms with Crippen molar-refractivity contribution in [1.82, 2.24) is 9.88 Å². The Hall–Kier alpha value is -3.48. The van der Waals surface area contributed by atoms with E-state index in [1.165, 1.54) is 94.4 Å². The molecule has 230 valence electrons. The van der Waals surface area contributed by atoms with E-state index in [-0.39, 0.29) is 0 Å². The monoisotopic (exact) mass is 590 g/mol. The van der Waals surface area contributed by atoms with E-state index in [0.29, 0.717) is 0 Å². The maximum atomic E-state index is 10.1. The normalized spacial score (nSPS) is 16.0. The molecule has 2 saturated heterocycles. The molecule has 1 atom stereocenters. The number of hydrogen-bond donors (Lipinski definition) is 1. The molecular formula is C37H56N3OS+. The first-order chi connectivity index (χ1) is 20.7. The molecule has 1 amide bonds. The Kier molecular flexibility index (Phi) is 36.4. The summed E-state index contributed by atoms with van der Waals surface area (Å²) in [6.45, 7) is 8.89. The number of carbonyl (C=O) groups is 1. The van der Waals surface area contributed by atoms with E-state index in [1.807, 2.05) is 52.6 Å². The first kappa shape index (κ1) is 43.0. The number of nitrogens with two attached hydrogens (primary N) is 1. The zero-order chi connectivity index (χ0) is 32.3. The molecule has 0 unspecified atom stereocenters. The van der Waals surface area contributed by atoms with Crippen LogP contribution in [0.4, 0.5) is 0 Å². The van der Waals surface area contributed by atoms with Gasteiger partial charge in [-0.05, 0) is 32.6 Å². The van der Waals surface area contributed by atoms with Crippen LogP contribution in [0.3, 0.4) is 0 Å². The van der Waals surface area contributed by atoms with Crippen LogP contribution in [-0.2, 0) is 11.2 Å². The molecular weight excluding hydrogens is 534 g/mol. The second-order valence-corrected chi connectivity index (χ2v) is 10.8. The van der Waals surface area contributed by atoms with Gasteiger partial charge in [-0.3, -0.25) is 4.79 Å². The average molecular weight is 591 g/mol. The van der Waals surface area contributed by atoms with E-state index >= 15 is 0 Å². The lowest BCUT2D eigenvalue weighted by Crippen LogP contribution is -2.81. The Morgan fingerprint density at radius 3 is 1.57 bits per heavy atom. The highest BCUT2D eigenvalue weighted by Gasteiger charge is 2.24. The van der Waals surface area contributed by atoms with Crippen molar-refractivity contribution in [3.05, 3.63) is 52.0 Å². The van der Waals surface area contributed by atoms with Crippen molar-refractivity contribution in [2.45, 2.75) is 96.8 Å². The van der Waals surface area contributed by atoms with Crippen molar-refractivity contribution in [2.75, 3.05) is 26.2 Å². The minimum Gasteiger partial charge on any atom is -0.346 e. The van der Waals surface area contributed by atoms with E-state index in [9.17, 15) is 4.79 Å².